The Kier molecular flexibility index (Phi) is 8.51. The summed E-state index contributed by atoms with van der Waals surface area (Å²) in [6, 6.07) is 45.9. The normalized spacial score (nSPS) is 10.6. The minimum atomic E-state index is 0. The zero-order chi connectivity index (χ0) is 19.9. The van der Waals surface area contributed by atoms with E-state index in [9.17, 15) is 0 Å². The largest absolute Gasteiger partial charge is 1.00 e. The van der Waals surface area contributed by atoms with Gasteiger partial charge in [0, 0.05) is 0 Å². The molecule has 0 aliphatic rings. The summed E-state index contributed by atoms with van der Waals surface area (Å²) in [5.74, 6) is 0. The molecule has 0 bridgehead atoms. The van der Waals surface area contributed by atoms with Crippen LogP contribution in [0.4, 0.5) is 0 Å². The van der Waals surface area contributed by atoms with Gasteiger partial charge >= 0.3 is 116 Å². The van der Waals surface area contributed by atoms with Crippen LogP contribution < -0.4 is 116 Å². The van der Waals surface area contributed by atoms with Crippen molar-refractivity contribution in [3.63, 3.8) is 0 Å². The SMILES string of the molecule is [Rb+].[Rb+].[c-]1c2ccccc2c(-c2ccccc2)c2[c-]c3ccccc3c(-c3ccccc3)c12. The zero-order valence-electron chi connectivity index (χ0n) is 18.4. The molecule has 32 heavy (non-hydrogen) atoms. The fourth-order valence-electron chi connectivity index (χ4n) is 4.47. The fraction of sp³-hybridized carbons (Fsp3) is 0. The Labute approximate surface area is 286 Å². The first-order chi connectivity index (χ1) is 14.9. The van der Waals surface area contributed by atoms with Crippen molar-refractivity contribution in [1.29, 1.82) is 0 Å². The van der Waals surface area contributed by atoms with Gasteiger partial charge in [0.05, 0.1) is 0 Å². The second-order valence-electron chi connectivity index (χ2n) is 7.57. The van der Waals surface area contributed by atoms with Crippen LogP contribution in [0.25, 0.3) is 54.6 Å². The maximum absolute atomic E-state index is 3.75. The van der Waals surface area contributed by atoms with Crippen molar-refractivity contribution in [2.24, 2.45) is 0 Å². The third-order valence-corrected chi connectivity index (χ3v) is 5.79. The fourth-order valence-corrected chi connectivity index (χ4v) is 4.47. The van der Waals surface area contributed by atoms with E-state index in [1.165, 1.54) is 33.0 Å². The molecule has 0 aromatic heterocycles. The number of hydrogen-bond acceptors (Lipinski definition) is 0. The number of benzene rings is 6. The van der Waals surface area contributed by atoms with Gasteiger partial charge in [0.1, 0.15) is 0 Å². The quantitative estimate of drug-likeness (QED) is 0.230. The first kappa shape index (κ1) is 24.8. The molecule has 2 heteroatoms. The van der Waals surface area contributed by atoms with Crippen molar-refractivity contribution in [2.45, 2.75) is 0 Å². The Morgan fingerprint density at radius 1 is 0.375 bits per heavy atom. The van der Waals surface area contributed by atoms with E-state index >= 15 is 0 Å². The van der Waals surface area contributed by atoms with Gasteiger partial charge in [-0.2, -0.15) is 22.9 Å². The minimum absolute atomic E-state index is 0. The van der Waals surface area contributed by atoms with Crippen LogP contribution in [0.3, 0.4) is 0 Å². The molecule has 0 N–H and O–H groups in total. The standard InChI is InChI=1S/C30H18.2Rb/c1-3-11-21(12-4-1)29-25-17-9-7-15-23(25)20-28-27(29)19-24-16-8-10-18-26(24)30(28)22-13-5-2-6-14-22;;/h1-18H;;/q-2;2*+1. The van der Waals surface area contributed by atoms with E-state index in [0.29, 0.717) is 0 Å². The van der Waals surface area contributed by atoms with Gasteiger partial charge in [-0.05, 0) is 0 Å². The molecule has 6 rings (SSSR count). The van der Waals surface area contributed by atoms with E-state index in [2.05, 4.69) is 121 Å². The average molecular weight is 549 g/mol. The van der Waals surface area contributed by atoms with Crippen molar-refractivity contribution in [3.05, 3.63) is 121 Å². The summed E-state index contributed by atoms with van der Waals surface area (Å²) in [7, 11) is 0. The molecule has 0 amide bonds. The van der Waals surface area contributed by atoms with Gasteiger partial charge < -0.3 is 0 Å². The molecule has 0 atom stereocenters. The third kappa shape index (κ3) is 4.51. The zero-order valence-corrected chi connectivity index (χ0v) is 28.2. The van der Waals surface area contributed by atoms with Gasteiger partial charge in [0.25, 0.3) is 0 Å². The molecule has 0 saturated carbocycles. The van der Waals surface area contributed by atoms with Gasteiger partial charge in [0.15, 0.2) is 0 Å². The maximum atomic E-state index is 3.75. The van der Waals surface area contributed by atoms with Gasteiger partial charge in [0.2, 0.25) is 0 Å². The van der Waals surface area contributed by atoms with Crippen molar-refractivity contribution in [1.82, 2.24) is 0 Å². The molecule has 0 unspecified atom stereocenters. The molecule has 6 aromatic rings. The first-order valence-electron chi connectivity index (χ1n) is 10.2. The molecule has 0 saturated heterocycles. The summed E-state index contributed by atoms with van der Waals surface area (Å²) in [4.78, 5) is 0. The van der Waals surface area contributed by atoms with Crippen LogP contribution >= 0.6 is 0 Å². The van der Waals surface area contributed by atoms with E-state index in [-0.39, 0.29) is 116 Å². The van der Waals surface area contributed by atoms with Crippen molar-refractivity contribution in [3.8, 4) is 22.3 Å². The van der Waals surface area contributed by atoms with Gasteiger partial charge in [-0.25, -0.2) is 0 Å². The van der Waals surface area contributed by atoms with Crippen LogP contribution in [0.5, 0.6) is 0 Å². The van der Waals surface area contributed by atoms with Crippen LogP contribution in [-0.2, 0) is 0 Å². The number of rotatable bonds is 2. The van der Waals surface area contributed by atoms with Crippen LogP contribution in [-0.4, -0.2) is 0 Å². The van der Waals surface area contributed by atoms with E-state index in [0.717, 1.165) is 21.5 Å². The minimum Gasteiger partial charge on any atom is -0.181 e. The average Bonchev–Trinajstić information content (AvgIpc) is 2.82. The number of fused-ring (bicyclic) bond motifs is 3. The van der Waals surface area contributed by atoms with E-state index in [1.54, 1.807) is 0 Å². The predicted octanol–water partition coefficient (Wildman–Crippen LogP) is 2.09. The van der Waals surface area contributed by atoms with Crippen molar-refractivity contribution in [2.75, 3.05) is 0 Å². The summed E-state index contributed by atoms with van der Waals surface area (Å²) in [6.45, 7) is 0. The molecule has 6 aromatic carbocycles. The molecule has 0 radical (unpaired) electrons. The van der Waals surface area contributed by atoms with Crippen molar-refractivity contribution >= 4 is 32.3 Å². The molecular formula is C30H18Rb2. The molecule has 0 spiro atoms. The van der Waals surface area contributed by atoms with Gasteiger partial charge in [-0.3, -0.25) is 0 Å². The Bertz CT molecular complexity index is 1400. The summed E-state index contributed by atoms with van der Waals surface area (Å²) >= 11 is 0. The Hall–Kier alpha value is -0.290. The molecule has 0 aliphatic carbocycles. The molecule has 0 heterocycles. The number of hydrogen-bond donors (Lipinski definition) is 0. The second kappa shape index (κ2) is 11.0. The third-order valence-electron chi connectivity index (χ3n) is 5.79. The van der Waals surface area contributed by atoms with Crippen LogP contribution in [0.2, 0.25) is 0 Å². The Morgan fingerprint density at radius 3 is 1.12 bits per heavy atom. The summed E-state index contributed by atoms with van der Waals surface area (Å²) < 4.78 is 0. The summed E-state index contributed by atoms with van der Waals surface area (Å²) in [5, 5.41) is 6.92. The molecule has 0 fully saturated rings. The Balaban J connectivity index is 0.00000122. The monoisotopic (exact) mass is 548 g/mol. The first-order valence-corrected chi connectivity index (χ1v) is 10.2. The topological polar surface area (TPSA) is 0 Å². The van der Waals surface area contributed by atoms with Gasteiger partial charge in [-0.15, -0.1) is 44.8 Å². The summed E-state index contributed by atoms with van der Waals surface area (Å²) in [6.07, 6.45) is 0. The smallest absolute Gasteiger partial charge is 0.181 e. The van der Waals surface area contributed by atoms with Gasteiger partial charge in [-0.1, -0.05) is 108 Å². The van der Waals surface area contributed by atoms with Crippen LogP contribution in [0.1, 0.15) is 0 Å². The van der Waals surface area contributed by atoms with Crippen LogP contribution in [0, 0.1) is 12.1 Å². The maximum Gasteiger partial charge on any atom is 1.00 e. The van der Waals surface area contributed by atoms with E-state index in [4.69, 9.17) is 0 Å². The van der Waals surface area contributed by atoms with E-state index in [1.807, 2.05) is 0 Å². The molecule has 140 valence electrons. The Morgan fingerprint density at radius 2 is 0.719 bits per heavy atom. The second-order valence-corrected chi connectivity index (χ2v) is 7.57. The van der Waals surface area contributed by atoms with E-state index < -0.39 is 0 Å². The summed E-state index contributed by atoms with van der Waals surface area (Å²) in [5.41, 5.74) is 4.86. The van der Waals surface area contributed by atoms with Crippen molar-refractivity contribution < 1.29 is 116 Å². The molecule has 0 nitrogen and oxygen atoms in total. The predicted molar refractivity (Wildman–Crippen MR) is 128 cm³/mol. The molecule has 0 aliphatic heterocycles. The van der Waals surface area contributed by atoms with Crippen LogP contribution in [0.15, 0.2) is 109 Å². The molecular weight excluding hydrogens is 531 g/mol.